The van der Waals surface area contributed by atoms with Gasteiger partial charge in [-0.3, -0.25) is 4.98 Å². The summed E-state index contributed by atoms with van der Waals surface area (Å²) in [6.45, 7) is 0.226. The van der Waals surface area contributed by atoms with Crippen LogP contribution in [0.3, 0.4) is 0 Å². The maximum Gasteiger partial charge on any atom is 0.350 e. The van der Waals surface area contributed by atoms with Gasteiger partial charge in [0, 0.05) is 24.2 Å². The standard InChI is InChI=1S/C11H7Cl2N5O/c12-8-3-9(13)15-4-7(8)6-18-11(19)17-2-1-14-5-10(17)16-18/h1-5H,6H2. The fourth-order valence-electron chi connectivity index (χ4n) is 1.70. The van der Waals surface area contributed by atoms with E-state index in [1.165, 1.54) is 33.7 Å². The van der Waals surface area contributed by atoms with E-state index in [1.54, 1.807) is 6.20 Å². The molecule has 0 spiro atoms. The monoisotopic (exact) mass is 295 g/mol. The van der Waals surface area contributed by atoms with Gasteiger partial charge in [0.1, 0.15) is 5.15 Å². The topological polar surface area (TPSA) is 65.1 Å². The van der Waals surface area contributed by atoms with E-state index < -0.39 is 0 Å². The van der Waals surface area contributed by atoms with E-state index in [4.69, 9.17) is 23.2 Å². The van der Waals surface area contributed by atoms with Crippen molar-refractivity contribution < 1.29 is 0 Å². The number of fused-ring (bicyclic) bond motifs is 1. The molecular weight excluding hydrogens is 289 g/mol. The lowest BCUT2D eigenvalue weighted by Gasteiger charge is -2.02. The summed E-state index contributed by atoms with van der Waals surface area (Å²) in [6.07, 6.45) is 6.12. The van der Waals surface area contributed by atoms with Gasteiger partial charge in [0.15, 0.2) is 5.65 Å². The smallest absolute Gasteiger partial charge is 0.259 e. The van der Waals surface area contributed by atoms with Crippen LogP contribution < -0.4 is 5.69 Å². The number of aromatic nitrogens is 5. The molecular formula is C11H7Cl2N5O. The number of halogens is 2. The normalized spacial score (nSPS) is 11.1. The highest BCUT2D eigenvalue weighted by Gasteiger charge is 2.09. The first kappa shape index (κ1) is 12.1. The molecule has 0 fully saturated rings. The minimum Gasteiger partial charge on any atom is -0.259 e. The van der Waals surface area contributed by atoms with Crippen molar-refractivity contribution in [2.75, 3.05) is 0 Å². The molecule has 0 aliphatic rings. The zero-order chi connectivity index (χ0) is 13.4. The van der Waals surface area contributed by atoms with E-state index in [-0.39, 0.29) is 12.2 Å². The van der Waals surface area contributed by atoms with E-state index in [0.717, 1.165) is 0 Å². The summed E-state index contributed by atoms with van der Waals surface area (Å²) in [4.78, 5) is 19.9. The molecule has 0 saturated heterocycles. The third-order valence-corrected chi connectivity index (χ3v) is 3.16. The van der Waals surface area contributed by atoms with Crippen LogP contribution in [0.4, 0.5) is 0 Å². The number of hydrogen-bond donors (Lipinski definition) is 0. The van der Waals surface area contributed by atoms with Crippen LogP contribution in [0, 0.1) is 0 Å². The van der Waals surface area contributed by atoms with Gasteiger partial charge in [0.25, 0.3) is 0 Å². The molecule has 8 heteroatoms. The maximum atomic E-state index is 12.1. The van der Waals surface area contributed by atoms with Gasteiger partial charge in [-0.05, 0) is 6.07 Å². The van der Waals surface area contributed by atoms with E-state index in [0.29, 0.717) is 21.4 Å². The lowest BCUT2D eigenvalue weighted by atomic mass is 10.3. The highest BCUT2D eigenvalue weighted by Crippen LogP contribution is 2.18. The Kier molecular flexibility index (Phi) is 2.96. The molecule has 0 N–H and O–H groups in total. The second kappa shape index (κ2) is 4.64. The molecule has 0 saturated carbocycles. The Morgan fingerprint density at radius 3 is 2.84 bits per heavy atom. The van der Waals surface area contributed by atoms with Crippen LogP contribution in [0.15, 0.2) is 35.6 Å². The molecule has 96 valence electrons. The predicted octanol–water partition coefficient (Wildman–Crippen LogP) is 1.64. The number of hydrogen-bond acceptors (Lipinski definition) is 4. The van der Waals surface area contributed by atoms with Crippen LogP contribution in [0.25, 0.3) is 5.65 Å². The highest BCUT2D eigenvalue weighted by atomic mass is 35.5. The van der Waals surface area contributed by atoms with Crippen LogP contribution in [-0.4, -0.2) is 24.1 Å². The first-order valence-corrected chi connectivity index (χ1v) is 6.10. The molecule has 0 aromatic carbocycles. The molecule has 0 amide bonds. The SMILES string of the molecule is O=c1n(Cc2cnc(Cl)cc2Cl)nc2cnccn12. The minimum atomic E-state index is -0.261. The Morgan fingerprint density at radius 2 is 2.11 bits per heavy atom. The Bertz CT molecular complexity index is 810. The Hall–Kier alpha value is -1.92. The summed E-state index contributed by atoms with van der Waals surface area (Å²) in [6, 6.07) is 1.53. The van der Waals surface area contributed by atoms with E-state index in [9.17, 15) is 4.79 Å². The van der Waals surface area contributed by atoms with Crippen LogP contribution in [0.1, 0.15) is 5.56 Å². The zero-order valence-corrected chi connectivity index (χ0v) is 11.0. The second-order valence-electron chi connectivity index (χ2n) is 3.84. The third kappa shape index (κ3) is 2.20. The summed E-state index contributed by atoms with van der Waals surface area (Å²) in [5, 5.41) is 4.91. The summed E-state index contributed by atoms with van der Waals surface area (Å²) >= 11 is 11.8. The Labute approximate surface area is 117 Å². The van der Waals surface area contributed by atoms with E-state index in [1.807, 2.05) is 0 Å². The molecule has 19 heavy (non-hydrogen) atoms. The van der Waals surface area contributed by atoms with Gasteiger partial charge in [-0.1, -0.05) is 23.2 Å². The van der Waals surface area contributed by atoms with Gasteiger partial charge in [0.05, 0.1) is 17.8 Å². The number of pyridine rings is 1. The molecule has 0 unspecified atom stereocenters. The highest BCUT2D eigenvalue weighted by molar-refractivity contribution is 6.34. The quantitative estimate of drug-likeness (QED) is 0.674. The molecule has 0 aliphatic heterocycles. The van der Waals surface area contributed by atoms with Crippen molar-refractivity contribution in [2.45, 2.75) is 6.54 Å². The van der Waals surface area contributed by atoms with Crippen LogP contribution in [-0.2, 0) is 6.54 Å². The van der Waals surface area contributed by atoms with E-state index in [2.05, 4.69) is 15.1 Å². The van der Waals surface area contributed by atoms with E-state index >= 15 is 0 Å². The zero-order valence-electron chi connectivity index (χ0n) is 9.49. The van der Waals surface area contributed by atoms with Gasteiger partial charge < -0.3 is 0 Å². The fourth-order valence-corrected chi connectivity index (χ4v) is 2.12. The van der Waals surface area contributed by atoms with Gasteiger partial charge in [-0.2, -0.15) is 0 Å². The predicted molar refractivity (Wildman–Crippen MR) is 70.6 cm³/mol. The molecule has 0 aliphatic carbocycles. The minimum absolute atomic E-state index is 0.226. The molecule has 3 rings (SSSR count). The average molecular weight is 296 g/mol. The van der Waals surface area contributed by atoms with Crippen molar-refractivity contribution in [3.05, 3.63) is 57.1 Å². The van der Waals surface area contributed by atoms with Crippen molar-refractivity contribution in [3.63, 3.8) is 0 Å². The maximum absolute atomic E-state index is 12.1. The molecule has 3 aromatic rings. The Morgan fingerprint density at radius 1 is 1.26 bits per heavy atom. The summed E-state index contributed by atoms with van der Waals surface area (Å²) in [5.41, 5.74) is 0.887. The van der Waals surface area contributed by atoms with Crippen molar-refractivity contribution in [2.24, 2.45) is 0 Å². The lowest BCUT2D eigenvalue weighted by Crippen LogP contribution is -2.21. The third-order valence-electron chi connectivity index (χ3n) is 2.61. The molecule has 0 bridgehead atoms. The molecule has 0 atom stereocenters. The first-order valence-electron chi connectivity index (χ1n) is 5.34. The molecule has 3 aromatic heterocycles. The van der Waals surface area contributed by atoms with Gasteiger partial charge >= 0.3 is 5.69 Å². The summed E-state index contributed by atoms with van der Waals surface area (Å²) < 4.78 is 2.71. The van der Waals surface area contributed by atoms with Gasteiger partial charge in [-0.25, -0.2) is 18.9 Å². The summed E-state index contributed by atoms with van der Waals surface area (Å²) in [7, 11) is 0. The number of nitrogens with zero attached hydrogens (tertiary/aromatic N) is 5. The van der Waals surface area contributed by atoms with Crippen LogP contribution in [0.5, 0.6) is 0 Å². The lowest BCUT2D eigenvalue weighted by molar-refractivity contribution is 0.657. The average Bonchev–Trinajstić information content (AvgIpc) is 2.70. The van der Waals surface area contributed by atoms with Gasteiger partial charge in [0.2, 0.25) is 0 Å². The largest absolute Gasteiger partial charge is 0.350 e. The van der Waals surface area contributed by atoms with Crippen molar-refractivity contribution in [1.29, 1.82) is 0 Å². The number of rotatable bonds is 2. The Balaban J connectivity index is 2.06. The molecule has 0 radical (unpaired) electrons. The van der Waals surface area contributed by atoms with Crippen LogP contribution in [0.2, 0.25) is 10.2 Å². The van der Waals surface area contributed by atoms with Crippen molar-refractivity contribution in [3.8, 4) is 0 Å². The summed E-state index contributed by atoms with van der Waals surface area (Å²) in [5.74, 6) is 0. The first-order chi connectivity index (χ1) is 9.15. The second-order valence-corrected chi connectivity index (χ2v) is 4.64. The van der Waals surface area contributed by atoms with Crippen LogP contribution >= 0.6 is 23.2 Å². The molecule has 6 nitrogen and oxygen atoms in total. The van der Waals surface area contributed by atoms with Gasteiger partial charge in [-0.15, -0.1) is 5.10 Å². The fraction of sp³-hybridized carbons (Fsp3) is 0.0909. The van der Waals surface area contributed by atoms with Crippen molar-refractivity contribution >= 4 is 28.8 Å². The van der Waals surface area contributed by atoms with Crippen molar-refractivity contribution in [1.82, 2.24) is 24.1 Å². The molecule has 3 heterocycles.